The quantitative estimate of drug-likeness (QED) is 0.495. The third kappa shape index (κ3) is 5.69. The first-order valence-corrected chi connectivity index (χ1v) is 15.4. The van der Waals surface area contributed by atoms with E-state index in [-0.39, 0.29) is 23.0 Å². The number of benzene rings is 2. The number of carbonyl (C=O) groups is 1. The summed E-state index contributed by atoms with van der Waals surface area (Å²) in [6.45, 7) is 10.4. The second-order valence-corrected chi connectivity index (χ2v) is 13.3. The molecule has 1 aliphatic heterocycles. The minimum Gasteiger partial charge on any atom is -0.379 e. The zero-order chi connectivity index (χ0) is 28.3. The molecular formula is C31H40N2O5S. The highest BCUT2D eigenvalue weighted by Gasteiger charge is 2.65. The Kier molecular flexibility index (Phi) is 8.67. The highest BCUT2D eigenvalue weighted by molar-refractivity contribution is 7.85. The molecule has 1 unspecified atom stereocenters. The zero-order valence-electron chi connectivity index (χ0n) is 23.2. The molecule has 8 heteroatoms. The van der Waals surface area contributed by atoms with E-state index in [4.69, 9.17) is 9.29 Å². The summed E-state index contributed by atoms with van der Waals surface area (Å²) in [5, 5.41) is 10.3. The summed E-state index contributed by atoms with van der Waals surface area (Å²) in [6, 6.07) is 23.1. The van der Waals surface area contributed by atoms with Gasteiger partial charge in [0.2, 0.25) is 0 Å². The van der Waals surface area contributed by atoms with Crippen molar-refractivity contribution in [2.75, 3.05) is 38.6 Å². The number of nitrogens with zero attached hydrogens (tertiary/aromatic N) is 2. The number of rotatable bonds is 7. The number of ketones is 1. The maximum atomic E-state index is 11.9. The van der Waals surface area contributed by atoms with Crippen LogP contribution in [0.3, 0.4) is 0 Å². The van der Waals surface area contributed by atoms with E-state index >= 15 is 0 Å². The Morgan fingerprint density at radius 2 is 1.62 bits per heavy atom. The van der Waals surface area contributed by atoms with Gasteiger partial charge in [0.15, 0.2) is 0 Å². The molecule has 210 valence electrons. The second kappa shape index (κ2) is 11.5. The topological polar surface area (TPSA) is 108 Å². The average molecular weight is 553 g/mol. The minimum absolute atomic E-state index is 0.0152. The van der Waals surface area contributed by atoms with E-state index in [0.29, 0.717) is 12.8 Å². The third-order valence-corrected chi connectivity index (χ3v) is 10.4. The predicted molar refractivity (Wildman–Crippen MR) is 151 cm³/mol. The van der Waals surface area contributed by atoms with Gasteiger partial charge < -0.3 is 4.74 Å². The van der Waals surface area contributed by atoms with E-state index < -0.39 is 26.7 Å². The summed E-state index contributed by atoms with van der Waals surface area (Å²) in [4.78, 5) is 14.3. The van der Waals surface area contributed by atoms with Crippen LogP contribution in [0.4, 0.5) is 0 Å². The van der Waals surface area contributed by atoms with E-state index in [1.54, 1.807) is 0 Å². The SMILES string of the molecule is CC(CN1CCOCC1)C(C#N)(c1ccccc1)c1ccccc1.CC1(C)[C@@H]2CC[C@]1(CS(=O)(=O)O)C(=O)C2. The van der Waals surface area contributed by atoms with Gasteiger partial charge in [-0.3, -0.25) is 14.2 Å². The molecule has 2 bridgehead atoms. The third-order valence-electron chi connectivity index (χ3n) is 9.58. The highest BCUT2D eigenvalue weighted by atomic mass is 32.2. The number of ether oxygens (including phenoxy) is 1. The lowest BCUT2D eigenvalue weighted by Gasteiger charge is -2.38. The smallest absolute Gasteiger partial charge is 0.265 e. The van der Waals surface area contributed by atoms with Gasteiger partial charge in [-0.15, -0.1) is 0 Å². The van der Waals surface area contributed by atoms with Crippen molar-refractivity contribution in [1.29, 1.82) is 5.26 Å². The van der Waals surface area contributed by atoms with Crippen molar-refractivity contribution < 1.29 is 22.5 Å². The normalized spacial score (nSPS) is 25.4. The predicted octanol–water partition coefficient (Wildman–Crippen LogP) is 4.73. The number of hydrogen-bond acceptors (Lipinski definition) is 6. The molecule has 7 nitrogen and oxygen atoms in total. The van der Waals surface area contributed by atoms with Crippen LogP contribution in [0.5, 0.6) is 0 Å². The molecule has 0 aromatic heterocycles. The van der Waals surface area contributed by atoms with E-state index in [2.05, 4.69) is 42.2 Å². The van der Waals surface area contributed by atoms with E-state index in [9.17, 15) is 18.5 Å². The first-order valence-electron chi connectivity index (χ1n) is 13.8. The molecule has 0 spiro atoms. The zero-order valence-corrected chi connectivity index (χ0v) is 24.0. The molecule has 2 aromatic rings. The molecule has 0 radical (unpaired) electrons. The van der Waals surface area contributed by atoms with Crippen molar-refractivity contribution in [2.24, 2.45) is 22.7 Å². The van der Waals surface area contributed by atoms with Crippen molar-refractivity contribution in [3.63, 3.8) is 0 Å². The summed E-state index contributed by atoms with van der Waals surface area (Å²) in [5.74, 6) is 0.0704. The number of fused-ring (bicyclic) bond motifs is 2. The maximum absolute atomic E-state index is 11.9. The lowest BCUT2D eigenvalue weighted by molar-refractivity contribution is -0.128. The largest absolute Gasteiger partial charge is 0.379 e. The van der Waals surface area contributed by atoms with Crippen molar-refractivity contribution in [1.82, 2.24) is 4.90 Å². The lowest BCUT2D eigenvalue weighted by atomic mass is 9.67. The molecule has 2 saturated carbocycles. The maximum Gasteiger partial charge on any atom is 0.265 e. The molecule has 1 N–H and O–H groups in total. The van der Waals surface area contributed by atoms with Crippen molar-refractivity contribution in [2.45, 2.75) is 45.4 Å². The summed E-state index contributed by atoms with van der Waals surface area (Å²) in [5.41, 5.74) is 0.380. The van der Waals surface area contributed by atoms with Crippen LogP contribution in [0.2, 0.25) is 0 Å². The van der Waals surface area contributed by atoms with Gasteiger partial charge in [-0.1, -0.05) is 81.4 Å². The van der Waals surface area contributed by atoms with Gasteiger partial charge in [0.25, 0.3) is 10.1 Å². The van der Waals surface area contributed by atoms with Crippen LogP contribution in [0, 0.1) is 34.0 Å². The summed E-state index contributed by atoms with van der Waals surface area (Å²) >= 11 is 0. The molecule has 1 saturated heterocycles. The minimum atomic E-state index is -4.08. The van der Waals surface area contributed by atoms with Crippen LogP contribution >= 0.6 is 0 Å². The van der Waals surface area contributed by atoms with E-state index in [1.165, 1.54) is 0 Å². The molecular weight excluding hydrogens is 512 g/mol. The molecule has 2 aromatic carbocycles. The Morgan fingerprint density at radius 1 is 1.08 bits per heavy atom. The number of Topliss-reactive ketones (excluding diaryl/α,β-unsaturated/α-hetero) is 1. The van der Waals surface area contributed by atoms with Gasteiger partial charge in [0, 0.05) is 26.1 Å². The van der Waals surface area contributed by atoms with Crippen LogP contribution in [0.15, 0.2) is 60.7 Å². The molecule has 1 heterocycles. The van der Waals surface area contributed by atoms with Crippen LogP contribution in [0.25, 0.3) is 0 Å². The Labute approximate surface area is 232 Å². The van der Waals surface area contributed by atoms with Gasteiger partial charge in [0.05, 0.1) is 30.5 Å². The molecule has 39 heavy (non-hydrogen) atoms. The summed E-state index contributed by atoms with van der Waals surface area (Å²) in [6.07, 6.45) is 1.97. The number of nitriles is 1. The molecule has 3 fully saturated rings. The molecule has 3 atom stereocenters. The van der Waals surface area contributed by atoms with Gasteiger partial charge in [-0.05, 0) is 41.2 Å². The van der Waals surface area contributed by atoms with Crippen LogP contribution in [-0.2, 0) is 25.1 Å². The number of carbonyl (C=O) groups excluding carboxylic acids is 1. The molecule has 0 amide bonds. The summed E-state index contributed by atoms with van der Waals surface area (Å²) < 4.78 is 36.4. The van der Waals surface area contributed by atoms with Crippen molar-refractivity contribution >= 4 is 15.9 Å². The number of morpholine rings is 1. The molecule has 5 rings (SSSR count). The second-order valence-electron chi connectivity index (χ2n) is 11.9. The fourth-order valence-corrected chi connectivity index (χ4v) is 8.40. The van der Waals surface area contributed by atoms with Crippen LogP contribution in [-0.4, -0.2) is 62.3 Å². The Hall–Kier alpha value is -2.57. The van der Waals surface area contributed by atoms with Crippen LogP contribution in [0.1, 0.15) is 51.2 Å². The highest BCUT2D eigenvalue weighted by Crippen LogP contribution is 2.64. The summed E-state index contributed by atoms with van der Waals surface area (Å²) in [7, 11) is -4.08. The number of hydrogen-bond donors (Lipinski definition) is 1. The Morgan fingerprint density at radius 3 is 2.03 bits per heavy atom. The van der Waals surface area contributed by atoms with Gasteiger partial charge in [-0.2, -0.15) is 13.7 Å². The van der Waals surface area contributed by atoms with Gasteiger partial charge in [0.1, 0.15) is 11.2 Å². The van der Waals surface area contributed by atoms with E-state index in [1.807, 2.05) is 50.2 Å². The fraction of sp³-hybridized carbons (Fsp3) is 0.548. The molecule has 2 aliphatic carbocycles. The first kappa shape index (κ1) is 29.4. The van der Waals surface area contributed by atoms with Gasteiger partial charge >= 0.3 is 0 Å². The lowest BCUT2D eigenvalue weighted by Crippen LogP contribution is -2.45. The monoisotopic (exact) mass is 552 g/mol. The fourth-order valence-electron chi connectivity index (χ4n) is 7.10. The average Bonchev–Trinajstić information content (AvgIpc) is 3.25. The van der Waals surface area contributed by atoms with Crippen LogP contribution < -0.4 is 0 Å². The van der Waals surface area contributed by atoms with Crippen molar-refractivity contribution in [3.8, 4) is 6.07 Å². The van der Waals surface area contributed by atoms with E-state index in [0.717, 1.165) is 50.4 Å². The van der Waals surface area contributed by atoms with Gasteiger partial charge in [-0.25, -0.2) is 0 Å². The van der Waals surface area contributed by atoms with Crippen molar-refractivity contribution in [3.05, 3.63) is 71.8 Å². The Balaban J connectivity index is 0.000000202. The Bertz CT molecular complexity index is 1240. The molecule has 3 aliphatic rings. The standard InChI is InChI=1S/C21H24N2O.C10H16O4S/c1-18(16-23-12-14-24-15-13-23)21(17-22,19-8-4-2-5-9-19)20-10-6-3-7-11-20;1-9(2)7-3-4-10(9,8(11)5-7)6-15(12,13)14/h2-11,18H,12-16H2,1H3;7H,3-6H2,1-2H3,(H,12,13,14)/t;7-,10+/m.1/s1. The first-order chi connectivity index (χ1) is 18.5.